The molecule has 2 nitrogen and oxygen atoms in total. The molecule has 2 rings (SSSR count). The zero-order chi connectivity index (χ0) is 13.7. The van der Waals surface area contributed by atoms with Crippen LogP contribution in [0.15, 0.2) is 42.7 Å². The molecular formula is C16H19ClN2. The third kappa shape index (κ3) is 3.34. The summed E-state index contributed by atoms with van der Waals surface area (Å²) in [6.45, 7) is 5.21. The molecule has 0 aliphatic carbocycles. The van der Waals surface area contributed by atoms with Crippen molar-refractivity contribution in [2.75, 3.05) is 6.54 Å². The van der Waals surface area contributed by atoms with Crippen molar-refractivity contribution < 1.29 is 0 Å². The van der Waals surface area contributed by atoms with Gasteiger partial charge in [-0.05, 0) is 48.7 Å². The molecule has 0 fully saturated rings. The molecule has 1 unspecified atom stereocenters. The van der Waals surface area contributed by atoms with E-state index in [0.29, 0.717) is 0 Å². The summed E-state index contributed by atoms with van der Waals surface area (Å²) < 4.78 is 0. The highest BCUT2D eigenvalue weighted by atomic mass is 35.5. The maximum atomic E-state index is 6.34. The van der Waals surface area contributed by atoms with E-state index in [1.807, 2.05) is 36.7 Å². The number of halogens is 1. The van der Waals surface area contributed by atoms with Crippen LogP contribution in [0.2, 0.25) is 5.02 Å². The topological polar surface area (TPSA) is 24.9 Å². The van der Waals surface area contributed by atoms with Crippen LogP contribution in [0, 0.1) is 6.92 Å². The highest BCUT2D eigenvalue weighted by Gasteiger charge is 2.17. The molecule has 0 aliphatic rings. The lowest BCUT2D eigenvalue weighted by Crippen LogP contribution is -2.24. The molecule has 0 saturated heterocycles. The molecule has 1 heterocycles. The number of hydrogen-bond donors (Lipinski definition) is 1. The molecule has 100 valence electrons. The van der Waals surface area contributed by atoms with Crippen LogP contribution in [-0.4, -0.2) is 11.5 Å². The average molecular weight is 275 g/mol. The van der Waals surface area contributed by atoms with E-state index in [1.165, 1.54) is 11.1 Å². The number of nitrogens with one attached hydrogen (secondary N) is 1. The van der Waals surface area contributed by atoms with E-state index >= 15 is 0 Å². The average Bonchev–Trinajstić information content (AvgIpc) is 2.42. The van der Waals surface area contributed by atoms with Gasteiger partial charge >= 0.3 is 0 Å². The van der Waals surface area contributed by atoms with E-state index in [2.05, 4.69) is 30.2 Å². The van der Waals surface area contributed by atoms with Gasteiger partial charge in [0.1, 0.15) is 0 Å². The van der Waals surface area contributed by atoms with Crippen LogP contribution < -0.4 is 5.32 Å². The molecule has 0 saturated carbocycles. The third-order valence-electron chi connectivity index (χ3n) is 3.21. The Morgan fingerprint density at radius 2 is 2.00 bits per heavy atom. The predicted octanol–water partition coefficient (Wildman–Crippen LogP) is 4.13. The van der Waals surface area contributed by atoms with Crippen molar-refractivity contribution in [3.05, 3.63) is 64.4 Å². The fourth-order valence-electron chi connectivity index (χ4n) is 2.16. The summed E-state index contributed by atoms with van der Waals surface area (Å²) in [7, 11) is 0. The van der Waals surface area contributed by atoms with E-state index in [4.69, 9.17) is 11.6 Å². The van der Waals surface area contributed by atoms with Crippen LogP contribution >= 0.6 is 11.6 Å². The molecule has 1 aromatic carbocycles. The maximum absolute atomic E-state index is 6.34. The van der Waals surface area contributed by atoms with Gasteiger partial charge in [0.15, 0.2) is 0 Å². The van der Waals surface area contributed by atoms with E-state index < -0.39 is 0 Å². The van der Waals surface area contributed by atoms with E-state index in [0.717, 1.165) is 23.6 Å². The summed E-state index contributed by atoms with van der Waals surface area (Å²) >= 11 is 6.34. The van der Waals surface area contributed by atoms with Gasteiger partial charge < -0.3 is 5.32 Å². The number of rotatable bonds is 5. The summed E-state index contributed by atoms with van der Waals surface area (Å²) in [6.07, 6.45) is 4.83. The van der Waals surface area contributed by atoms with Crippen molar-refractivity contribution >= 4 is 11.6 Å². The van der Waals surface area contributed by atoms with Crippen LogP contribution in [0.25, 0.3) is 0 Å². The molecule has 0 aliphatic heterocycles. The number of pyridine rings is 1. The molecule has 0 bridgehead atoms. The first-order valence-electron chi connectivity index (χ1n) is 6.62. The molecule has 1 aromatic heterocycles. The van der Waals surface area contributed by atoms with E-state index in [1.54, 1.807) is 0 Å². The summed E-state index contributed by atoms with van der Waals surface area (Å²) in [6, 6.07) is 10.1. The minimum absolute atomic E-state index is 0.0994. The molecule has 3 heteroatoms. The summed E-state index contributed by atoms with van der Waals surface area (Å²) in [5.41, 5.74) is 3.52. The molecule has 1 N–H and O–H groups in total. The van der Waals surface area contributed by atoms with E-state index in [9.17, 15) is 0 Å². The second-order valence-electron chi connectivity index (χ2n) is 4.64. The normalized spacial score (nSPS) is 12.4. The monoisotopic (exact) mass is 274 g/mol. The predicted molar refractivity (Wildman–Crippen MR) is 80.6 cm³/mol. The van der Waals surface area contributed by atoms with Gasteiger partial charge in [-0.25, -0.2) is 0 Å². The van der Waals surface area contributed by atoms with Crippen molar-refractivity contribution in [2.24, 2.45) is 0 Å². The zero-order valence-corrected chi connectivity index (χ0v) is 12.1. The van der Waals surface area contributed by atoms with Crippen molar-refractivity contribution in [3.8, 4) is 0 Å². The lowest BCUT2D eigenvalue weighted by atomic mass is 9.96. The Balaban J connectivity index is 2.42. The van der Waals surface area contributed by atoms with Gasteiger partial charge in [-0.2, -0.15) is 0 Å². The lowest BCUT2D eigenvalue weighted by Gasteiger charge is -2.22. The Bertz CT molecular complexity index is 494. The van der Waals surface area contributed by atoms with Crippen LogP contribution in [0.4, 0.5) is 0 Å². The van der Waals surface area contributed by atoms with Crippen molar-refractivity contribution in [2.45, 2.75) is 26.3 Å². The van der Waals surface area contributed by atoms with Gasteiger partial charge in [0.25, 0.3) is 0 Å². The standard InChI is InChI=1S/C16H19ClN2/c1-3-9-19-16(13-6-4-5-7-15(13)17)14-11-18-10-8-12(14)2/h4-8,10-11,16,19H,3,9H2,1-2H3. The molecular weight excluding hydrogens is 256 g/mol. The van der Waals surface area contributed by atoms with Gasteiger partial charge in [-0.3, -0.25) is 4.98 Å². The van der Waals surface area contributed by atoms with Crippen LogP contribution in [-0.2, 0) is 0 Å². The highest BCUT2D eigenvalue weighted by molar-refractivity contribution is 6.31. The molecule has 2 aromatic rings. The molecule has 1 atom stereocenters. The quantitative estimate of drug-likeness (QED) is 0.887. The van der Waals surface area contributed by atoms with Gasteiger partial charge in [-0.15, -0.1) is 0 Å². The first kappa shape index (κ1) is 14.0. The van der Waals surface area contributed by atoms with Crippen LogP contribution in [0.1, 0.15) is 36.1 Å². The first-order valence-corrected chi connectivity index (χ1v) is 7.00. The van der Waals surface area contributed by atoms with Crippen molar-refractivity contribution in [1.82, 2.24) is 10.3 Å². The van der Waals surface area contributed by atoms with Crippen molar-refractivity contribution in [1.29, 1.82) is 0 Å². The summed E-state index contributed by atoms with van der Waals surface area (Å²) in [4.78, 5) is 4.25. The Hall–Kier alpha value is -1.38. The van der Waals surface area contributed by atoms with Gasteiger partial charge in [0, 0.05) is 17.4 Å². The summed E-state index contributed by atoms with van der Waals surface area (Å²) in [5.74, 6) is 0. The molecule has 19 heavy (non-hydrogen) atoms. The number of aryl methyl sites for hydroxylation is 1. The number of hydrogen-bond acceptors (Lipinski definition) is 2. The first-order chi connectivity index (χ1) is 9.24. The fourth-order valence-corrected chi connectivity index (χ4v) is 2.41. The fraction of sp³-hybridized carbons (Fsp3) is 0.312. The summed E-state index contributed by atoms with van der Waals surface area (Å²) in [5, 5.41) is 4.35. The Labute approximate surface area is 119 Å². The Morgan fingerprint density at radius 3 is 2.68 bits per heavy atom. The lowest BCUT2D eigenvalue weighted by molar-refractivity contribution is 0.595. The molecule has 0 radical (unpaired) electrons. The minimum atomic E-state index is 0.0994. The van der Waals surface area contributed by atoms with Gasteiger partial charge in [-0.1, -0.05) is 36.7 Å². The second kappa shape index (κ2) is 6.69. The van der Waals surface area contributed by atoms with Gasteiger partial charge in [0.2, 0.25) is 0 Å². The molecule has 0 spiro atoms. The van der Waals surface area contributed by atoms with E-state index in [-0.39, 0.29) is 6.04 Å². The largest absolute Gasteiger partial charge is 0.306 e. The molecule has 0 amide bonds. The Kier molecular flexibility index (Phi) is 4.94. The maximum Gasteiger partial charge on any atom is 0.0609 e. The third-order valence-corrected chi connectivity index (χ3v) is 3.55. The minimum Gasteiger partial charge on any atom is -0.306 e. The smallest absolute Gasteiger partial charge is 0.0609 e. The van der Waals surface area contributed by atoms with Crippen LogP contribution in [0.3, 0.4) is 0 Å². The zero-order valence-electron chi connectivity index (χ0n) is 11.4. The van der Waals surface area contributed by atoms with Gasteiger partial charge in [0.05, 0.1) is 6.04 Å². The van der Waals surface area contributed by atoms with Crippen molar-refractivity contribution in [3.63, 3.8) is 0 Å². The SMILES string of the molecule is CCCNC(c1cnccc1C)c1ccccc1Cl. The second-order valence-corrected chi connectivity index (χ2v) is 5.05. The number of benzene rings is 1. The number of aromatic nitrogens is 1. The highest BCUT2D eigenvalue weighted by Crippen LogP contribution is 2.29. The Morgan fingerprint density at radius 1 is 1.21 bits per heavy atom. The van der Waals surface area contributed by atoms with Crippen LogP contribution in [0.5, 0.6) is 0 Å². The number of nitrogens with zero attached hydrogens (tertiary/aromatic N) is 1.